The fourth-order valence-corrected chi connectivity index (χ4v) is 3.42. The number of hydrogen-bond donors (Lipinski definition) is 1. The van der Waals surface area contributed by atoms with Gasteiger partial charge in [0.15, 0.2) is 0 Å². The third-order valence-corrected chi connectivity index (χ3v) is 4.61. The Morgan fingerprint density at radius 3 is 2.29 bits per heavy atom. The van der Waals surface area contributed by atoms with Crippen LogP contribution in [-0.2, 0) is 4.79 Å². The highest BCUT2D eigenvalue weighted by atomic mass is 16.2. The molecule has 0 aliphatic heterocycles. The summed E-state index contributed by atoms with van der Waals surface area (Å²) in [5, 5.41) is 3.34. The molecule has 0 spiro atoms. The van der Waals surface area contributed by atoms with Crippen molar-refractivity contribution in [1.82, 2.24) is 4.90 Å². The second-order valence-electron chi connectivity index (χ2n) is 6.42. The summed E-state index contributed by atoms with van der Waals surface area (Å²) in [4.78, 5) is 14.3. The van der Waals surface area contributed by atoms with E-state index in [1.54, 1.807) is 0 Å². The quantitative estimate of drug-likeness (QED) is 0.913. The maximum atomic E-state index is 12.4. The monoisotopic (exact) mass is 288 g/mol. The van der Waals surface area contributed by atoms with Gasteiger partial charge in [0.2, 0.25) is 5.91 Å². The molecule has 1 aromatic carbocycles. The second kappa shape index (κ2) is 6.97. The van der Waals surface area contributed by atoms with Gasteiger partial charge in [-0.05, 0) is 44.7 Å². The Bertz CT molecular complexity index is 481. The number of hydrogen-bond acceptors (Lipinski definition) is 2. The van der Waals surface area contributed by atoms with Gasteiger partial charge in [-0.2, -0.15) is 0 Å². The zero-order valence-corrected chi connectivity index (χ0v) is 13.8. The van der Waals surface area contributed by atoms with Crippen molar-refractivity contribution < 1.29 is 4.79 Å². The van der Waals surface area contributed by atoms with Crippen molar-refractivity contribution in [3.05, 3.63) is 28.8 Å². The first-order chi connectivity index (χ1) is 9.99. The average molecular weight is 288 g/mol. The van der Waals surface area contributed by atoms with Crippen LogP contribution >= 0.6 is 0 Å². The molecule has 0 bridgehead atoms. The molecule has 3 heteroatoms. The number of benzene rings is 1. The van der Waals surface area contributed by atoms with Gasteiger partial charge in [0.05, 0.1) is 6.54 Å². The van der Waals surface area contributed by atoms with Crippen molar-refractivity contribution in [3.8, 4) is 0 Å². The molecule has 0 heterocycles. The molecular formula is C18H28N2O. The average Bonchev–Trinajstić information content (AvgIpc) is 2.46. The van der Waals surface area contributed by atoms with E-state index >= 15 is 0 Å². The Morgan fingerprint density at radius 2 is 1.71 bits per heavy atom. The van der Waals surface area contributed by atoms with E-state index in [0.717, 1.165) is 18.5 Å². The van der Waals surface area contributed by atoms with Crippen molar-refractivity contribution in [2.75, 3.05) is 18.9 Å². The fourth-order valence-electron chi connectivity index (χ4n) is 3.42. The van der Waals surface area contributed by atoms with E-state index in [9.17, 15) is 4.79 Å². The topological polar surface area (TPSA) is 32.3 Å². The molecule has 116 valence electrons. The van der Waals surface area contributed by atoms with Crippen molar-refractivity contribution in [3.63, 3.8) is 0 Å². The summed E-state index contributed by atoms with van der Waals surface area (Å²) in [6.45, 7) is 6.68. The van der Waals surface area contributed by atoms with E-state index in [-0.39, 0.29) is 5.91 Å². The second-order valence-corrected chi connectivity index (χ2v) is 6.42. The SMILES string of the molecule is Cc1cc(C)c(NCC(=O)N(C)C2CCCCC2)c(C)c1. The lowest BCUT2D eigenvalue weighted by Gasteiger charge is -2.31. The van der Waals surface area contributed by atoms with Gasteiger partial charge in [0.25, 0.3) is 0 Å². The van der Waals surface area contributed by atoms with Gasteiger partial charge < -0.3 is 10.2 Å². The molecule has 0 aromatic heterocycles. The highest BCUT2D eigenvalue weighted by Gasteiger charge is 2.21. The smallest absolute Gasteiger partial charge is 0.241 e. The molecule has 1 fully saturated rings. The van der Waals surface area contributed by atoms with Crippen molar-refractivity contribution in [2.24, 2.45) is 0 Å². The first-order valence-corrected chi connectivity index (χ1v) is 8.06. The standard InChI is InChI=1S/C18H28N2O/c1-13-10-14(2)18(15(3)11-13)19-12-17(21)20(4)16-8-6-5-7-9-16/h10-11,16,19H,5-9,12H2,1-4H3. The third kappa shape index (κ3) is 3.99. The minimum absolute atomic E-state index is 0.196. The minimum atomic E-state index is 0.196. The Labute approximate surface area is 128 Å². The van der Waals surface area contributed by atoms with Crippen LogP contribution in [-0.4, -0.2) is 30.4 Å². The number of nitrogens with zero attached hydrogens (tertiary/aromatic N) is 1. The lowest BCUT2D eigenvalue weighted by Crippen LogP contribution is -2.41. The number of amides is 1. The molecular weight excluding hydrogens is 260 g/mol. The maximum Gasteiger partial charge on any atom is 0.241 e. The van der Waals surface area contributed by atoms with Crippen LogP contribution in [0.25, 0.3) is 0 Å². The predicted molar refractivity (Wildman–Crippen MR) is 88.8 cm³/mol. The van der Waals surface area contributed by atoms with Gasteiger partial charge in [-0.1, -0.05) is 37.0 Å². The van der Waals surface area contributed by atoms with Gasteiger partial charge in [0.1, 0.15) is 0 Å². The van der Waals surface area contributed by atoms with Crippen LogP contribution in [0.3, 0.4) is 0 Å². The van der Waals surface area contributed by atoms with E-state index < -0.39 is 0 Å². The first-order valence-electron chi connectivity index (χ1n) is 8.06. The first kappa shape index (κ1) is 15.9. The van der Waals surface area contributed by atoms with E-state index in [0.29, 0.717) is 12.6 Å². The zero-order valence-electron chi connectivity index (χ0n) is 13.8. The fraction of sp³-hybridized carbons (Fsp3) is 0.611. The molecule has 3 nitrogen and oxygen atoms in total. The summed E-state index contributed by atoms with van der Waals surface area (Å²) in [5.74, 6) is 0.196. The number of aryl methyl sites for hydroxylation is 3. The lowest BCUT2D eigenvalue weighted by atomic mass is 9.94. The molecule has 2 rings (SSSR count). The van der Waals surface area contributed by atoms with Gasteiger partial charge in [0, 0.05) is 18.8 Å². The Morgan fingerprint density at radius 1 is 1.14 bits per heavy atom. The summed E-state index contributed by atoms with van der Waals surface area (Å²) in [6, 6.07) is 4.75. The summed E-state index contributed by atoms with van der Waals surface area (Å²) in [7, 11) is 1.95. The van der Waals surface area contributed by atoms with Crippen LogP contribution in [0.2, 0.25) is 0 Å². The number of anilines is 1. The van der Waals surface area contributed by atoms with Crippen molar-refractivity contribution in [1.29, 1.82) is 0 Å². The van der Waals surface area contributed by atoms with E-state index in [1.165, 1.54) is 36.0 Å². The Hall–Kier alpha value is -1.51. The van der Waals surface area contributed by atoms with Crippen LogP contribution < -0.4 is 5.32 Å². The number of carbonyl (C=O) groups excluding carboxylic acids is 1. The normalized spacial score (nSPS) is 15.8. The highest BCUT2D eigenvalue weighted by Crippen LogP contribution is 2.23. The van der Waals surface area contributed by atoms with Crippen LogP contribution in [0, 0.1) is 20.8 Å². The molecule has 1 amide bonds. The van der Waals surface area contributed by atoms with Crippen LogP contribution in [0.4, 0.5) is 5.69 Å². The number of likely N-dealkylation sites (N-methyl/N-ethyl adjacent to an activating group) is 1. The van der Waals surface area contributed by atoms with Gasteiger partial charge in [-0.3, -0.25) is 4.79 Å². The Balaban J connectivity index is 1.94. The molecule has 0 unspecified atom stereocenters. The summed E-state index contributed by atoms with van der Waals surface area (Å²) >= 11 is 0. The summed E-state index contributed by atoms with van der Waals surface area (Å²) in [6.07, 6.45) is 6.14. The molecule has 0 atom stereocenters. The molecule has 1 aliphatic carbocycles. The van der Waals surface area contributed by atoms with Gasteiger partial charge in [-0.25, -0.2) is 0 Å². The molecule has 0 radical (unpaired) electrons. The van der Waals surface area contributed by atoms with Crippen molar-refractivity contribution in [2.45, 2.75) is 58.9 Å². The summed E-state index contributed by atoms with van der Waals surface area (Å²) in [5.41, 5.74) is 4.79. The molecule has 1 aromatic rings. The molecule has 1 saturated carbocycles. The van der Waals surface area contributed by atoms with E-state index in [2.05, 4.69) is 38.2 Å². The molecule has 1 N–H and O–H groups in total. The van der Waals surface area contributed by atoms with Crippen LogP contribution in [0.1, 0.15) is 48.8 Å². The summed E-state index contributed by atoms with van der Waals surface area (Å²) < 4.78 is 0. The third-order valence-electron chi connectivity index (χ3n) is 4.61. The maximum absolute atomic E-state index is 12.4. The van der Waals surface area contributed by atoms with E-state index in [1.807, 2.05) is 11.9 Å². The number of nitrogens with one attached hydrogen (secondary N) is 1. The highest BCUT2D eigenvalue weighted by molar-refractivity contribution is 5.81. The predicted octanol–water partition coefficient (Wildman–Crippen LogP) is 3.81. The minimum Gasteiger partial charge on any atom is -0.376 e. The zero-order chi connectivity index (χ0) is 15.4. The largest absolute Gasteiger partial charge is 0.376 e. The van der Waals surface area contributed by atoms with E-state index in [4.69, 9.17) is 0 Å². The van der Waals surface area contributed by atoms with Crippen molar-refractivity contribution >= 4 is 11.6 Å². The number of rotatable bonds is 4. The van der Waals surface area contributed by atoms with Gasteiger partial charge in [-0.15, -0.1) is 0 Å². The van der Waals surface area contributed by atoms with Gasteiger partial charge >= 0.3 is 0 Å². The lowest BCUT2D eigenvalue weighted by molar-refractivity contribution is -0.130. The van der Waals surface area contributed by atoms with Crippen LogP contribution in [0.5, 0.6) is 0 Å². The Kier molecular flexibility index (Phi) is 5.27. The van der Waals surface area contributed by atoms with Crippen LogP contribution in [0.15, 0.2) is 12.1 Å². The molecule has 1 aliphatic rings. The molecule has 21 heavy (non-hydrogen) atoms. The molecule has 0 saturated heterocycles. The number of carbonyl (C=O) groups is 1.